The van der Waals surface area contributed by atoms with E-state index in [1.54, 1.807) is 17.4 Å². The van der Waals surface area contributed by atoms with Crippen LogP contribution in [0.4, 0.5) is 0 Å². The minimum atomic E-state index is -0.563. The van der Waals surface area contributed by atoms with Gasteiger partial charge in [-0.25, -0.2) is 4.79 Å². The molecule has 2 heterocycles. The van der Waals surface area contributed by atoms with E-state index >= 15 is 0 Å². The molecule has 0 spiro atoms. The molecule has 1 aromatic heterocycles. The van der Waals surface area contributed by atoms with E-state index in [2.05, 4.69) is 13.8 Å². The molecule has 0 saturated carbocycles. The van der Waals surface area contributed by atoms with Crippen LogP contribution in [0, 0.1) is 6.92 Å². The Hall–Kier alpha value is -1.89. The summed E-state index contributed by atoms with van der Waals surface area (Å²) in [5, 5.41) is 0.539. The summed E-state index contributed by atoms with van der Waals surface area (Å²) in [6, 6.07) is 8.77. The summed E-state index contributed by atoms with van der Waals surface area (Å²) >= 11 is 7.89. The highest BCUT2D eigenvalue weighted by molar-refractivity contribution is 7.14. The summed E-state index contributed by atoms with van der Waals surface area (Å²) in [6.07, 6.45) is 0.933. The Kier molecular flexibility index (Phi) is 6.75. The average molecular weight is 421 g/mol. The summed E-state index contributed by atoms with van der Waals surface area (Å²) < 4.78 is 5.03. The third-order valence-corrected chi connectivity index (χ3v) is 6.63. The van der Waals surface area contributed by atoms with Crippen LogP contribution in [0.1, 0.15) is 38.6 Å². The molecular weight excluding hydrogens is 396 g/mol. The Morgan fingerprint density at radius 2 is 1.89 bits per heavy atom. The number of methoxy groups -OCH3 is 1. The van der Waals surface area contributed by atoms with Crippen LogP contribution in [0.15, 0.2) is 30.3 Å². The number of hydrogen-bond acceptors (Lipinski definition) is 5. The van der Waals surface area contributed by atoms with E-state index in [-0.39, 0.29) is 11.9 Å². The van der Waals surface area contributed by atoms with Crippen LogP contribution in [0.25, 0.3) is 0 Å². The number of carbonyl (C=O) groups is 2. The number of esters is 1. The minimum Gasteiger partial charge on any atom is -0.468 e. The monoisotopic (exact) mass is 420 g/mol. The molecule has 1 saturated heterocycles. The lowest BCUT2D eigenvalue weighted by Gasteiger charge is -2.38. The molecule has 1 aliphatic rings. The van der Waals surface area contributed by atoms with Gasteiger partial charge in [0.25, 0.3) is 5.91 Å². The van der Waals surface area contributed by atoms with Gasteiger partial charge in [0.15, 0.2) is 0 Å². The van der Waals surface area contributed by atoms with Gasteiger partial charge in [0.2, 0.25) is 0 Å². The van der Waals surface area contributed by atoms with Gasteiger partial charge in [0.05, 0.1) is 12.0 Å². The van der Waals surface area contributed by atoms with Gasteiger partial charge < -0.3 is 9.64 Å². The van der Waals surface area contributed by atoms with Crippen LogP contribution in [0.2, 0.25) is 5.02 Å². The van der Waals surface area contributed by atoms with Crippen molar-refractivity contribution in [3.63, 3.8) is 0 Å². The predicted molar refractivity (Wildman–Crippen MR) is 112 cm³/mol. The second-order valence-electron chi connectivity index (χ2n) is 6.82. The Morgan fingerprint density at radius 1 is 1.21 bits per heavy atom. The number of thiophene rings is 1. The normalized spacial score (nSPS) is 16.1. The standard InChI is InChI=1S/C21H25ClN2O3S/c1-4-15-13-18(28-14(15)2)20(25)24-11-9-23(10-12-24)19(21(26)27-3)16-7-5-6-8-17(16)22/h5-8,13,19H,4,9-12H2,1-3H3/t19-/m0/s1. The lowest BCUT2D eigenvalue weighted by molar-refractivity contribution is -0.148. The Bertz CT molecular complexity index is 859. The van der Waals surface area contributed by atoms with Crippen molar-refractivity contribution >= 4 is 34.8 Å². The van der Waals surface area contributed by atoms with Gasteiger partial charge in [0, 0.05) is 36.1 Å². The Labute approximate surface area is 174 Å². The summed E-state index contributed by atoms with van der Waals surface area (Å²) in [5.41, 5.74) is 1.97. The van der Waals surface area contributed by atoms with Gasteiger partial charge in [-0.05, 0) is 36.6 Å². The summed E-state index contributed by atoms with van der Waals surface area (Å²) in [5.74, 6) is -0.269. The molecule has 1 atom stereocenters. The molecule has 1 amide bonds. The quantitative estimate of drug-likeness (QED) is 0.687. The summed E-state index contributed by atoms with van der Waals surface area (Å²) in [6.45, 7) is 6.46. The number of aryl methyl sites for hydroxylation is 2. The number of nitrogens with zero attached hydrogens (tertiary/aromatic N) is 2. The van der Waals surface area contributed by atoms with E-state index in [4.69, 9.17) is 16.3 Å². The highest BCUT2D eigenvalue weighted by Gasteiger charge is 2.34. The lowest BCUT2D eigenvalue weighted by atomic mass is 10.0. The van der Waals surface area contributed by atoms with E-state index in [9.17, 15) is 9.59 Å². The zero-order valence-corrected chi connectivity index (χ0v) is 18.0. The smallest absolute Gasteiger partial charge is 0.327 e. The van der Waals surface area contributed by atoms with Crippen molar-refractivity contribution in [3.05, 3.63) is 56.2 Å². The lowest BCUT2D eigenvalue weighted by Crippen LogP contribution is -2.51. The van der Waals surface area contributed by atoms with Crippen LogP contribution in [-0.4, -0.2) is 55.0 Å². The van der Waals surface area contributed by atoms with Crippen LogP contribution >= 0.6 is 22.9 Å². The molecule has 0 unspecified atom stereocenters. The van der Waals surface area contributed by atoms with Crippen molar-refractivity contribution in [2.45, 2.75) is 26.3 Å². The number of amides is 1. The number of halogens is 1. The third kappa shape index (κ3) is 4.24. The van der Waals surface area contributed by atoms with E-state index < -0.39 is 6.04 Å². The summed E-state index contributed by atoms with van der Waals surface area (Å²) in [7, 11) is 1.39. The highest BCUT2D eigenvalue weighted by atomic mass is 35.5. The van der Waals surface area contributed by atoms with Gasteiger partial charge >= 0.3 is 5.97 Å². The molecule has 5 nitrogen and oxygen atoms in total. The number of rotatable bonds is 5. The van der Waals surface area contributed by atoms with Crippen molar-refractivity contribution < 1.29 is 14.3 Å². The van der Waals surface area contributed by atoms with Crippen LogP contribution < -0.4 is 0 Å². The first-order valence-electron chi connectivity index (χ1n) is 9.41. The Balaban J connectivity index is 1.72. The SMILES string of the molecule is CCc1cc(C(=O)N2CCN([C@H](C(=O)OC)c3ccccc3Cl)CC2)sc1C. The third-order valence-electron chi connectivity index (χ3n) is 5.20. The van der Waals surface area contributed by atoms with Gasteiger partial charge in [-0.2, -0.15) is 0 Å². The molecule has 2 aromatic rings. The first-order valence-corrected chi connectivity index (χ1v) is 10.6. The topological polar surface area (TPSA) is 49.9 Å². The van der Waals surface area contributed by atoms with Crippen molar-refractivity contribution in [3.8, 4) is 0 Å². The summed E-state index contributed by atoms with van der Waals surface area (Å²) in [4.78, 5) is 31.2. The van der Waals surface area contributed by atoms with Crippen molar-refractivity contribution in [2.75, 3.05) is 33.3 Å². The molecule has 0 radical (unpaired) electrons. The molecule has 0 aliphatic carbocycles. The number of ether oxygens (including phenoxy) is 1. The molecular formula is C21H25ClN2O3S. The second-order valence-corrected chi connectivity index (χ2v) is 8.48. The molecule has 3 rings (SSSR count). The highest BCUT2D eigenvalue weighted by Crippen LogP contribution is 2.30. The minimum absolute atomic E-state index is 0.0693. The Morgan fingerprint density at radius 3 is 2.46 bits per heavy atom. The molecule has 1 aromatic carbocycles. The first kappa shape index (κ1) is 20.8. The zero-order valence-electron chi connectivity index (χ0n) is 16.4. The molecule has 7 heteroatoms. The number of carbonyl (C=O) groups excluding carboxylic acids is 2. The molecule has 0 N–H and O–H groups in total. The van der Waals surface area contributed by atoms with Gasteiger partial charge in [-0.1, -0.05) is 36.7 Å². The first-order chi connectivity index (χ1) is 13.5. The number of piperazine rings is 1. The largest absolute Gasteiger partial charge is 0.468 e. The van der Waals surface area contributed by atoms with Crippen molar-refractivity contribution in [1.29, 1.82) is 0 Å². The molecule has 0 bridgehead atoms. The second kappa shape index (κ2) is 9.07. The fourth-order valence-corrected chi connectivity index (χ4v) is 4.92. The van der Waals surface area contributed by atoms with Crippen LogP contribution in [-0.2, 0) is 16.0 Å². The maximum absolute atomic E-state index is 12.9. The van der Waals surface area contributed by atoms with Gasteiger partial charge in [0.1, 0.15) is 6.04 Å². The molecule has 150 valence electrons. The zero-order chi connectivity index (χ0) is 20.3. The fraction of sp³-hybridized carbons (Fsp3) is 0.429. The number of hydrogen-bond donors (Lipinski definition) is 0. The predicted octanol–water partition coefficient (Wildman–Crippen LogP) is 3.94. The maximum Gasteiger partial charge on any atom is 0.327 e. The van der Waals surface area contributed by atoms with E-state index in [0.717, 1.165) is 16.9 Å². The average Bonchev–Trinajstić information content (AvgIpc) is 3.10. The molecule has 1 aliphatic heterocycles. The van der Waals surface area contributed by atoms with Crippen molar-refractivity contribution in [1.82, 2.24) is 9.80 Å². The van der Waals surface area contributed by atoms with Gasteiger partial charge in [-0.3, -0.25) is 9.69 Å². The van der Waals surface area contributed by atoms with Gasteiger partial charge in [-0.15, -0.1) is 11.3 Å². The van der Waals surface area contributed by atoms with E-state index in [0.29, 0.717) is 31.2 Å². The van der Waals surface area contributed by atoms with E-state index in [1.165, 1.54) is 17.6 Å². The molecule has 1 fully saturated rings. The molecule has 28 heavy (non-hydrogen) atoms. The maximum atomic E-state index is 12.9. The van der Waals surface area contributed by atoms with Crippen molar-refractivity contribution in [2.24, 2.45) is 0 Å². The fourth-order valence-electron chi connectivity index (χ4n) is 3.60. The number of benzene rings is 1. The van der Waals surface area contributed by atoms with Crippen LogP contribution in [0.3, 0.4) is 0 Å². The van der Waals surface area contributed by atoms with E-state index in [1.807, 2.05) is 34.1 Å². The van der Waals surface area contributed by atoms with Crippen LogP contribution in [0.5, 0.6) is 0 Å².